The SMILES string of the molecule is CC(C)OC(=O)[C@H](C)N[P+](O)(OC[C@H]1O[C@@H](c2ncc3c(=O)[nH]c(N)nn23)[C@](C)(O)[C@@H]1O)Oc1ccc(Cl)cc1. The lowest BCUT2D eigenvalue weighted by Crippen LogP contribution is -2.44. The summed E-state index contributed by atoms with van der Waals surface area (Å²) in [5.41, 5.74) is 3.21. The van der Waals surface area contributed by atoms with Crippen LogP contribution in [-0.2, 0) is 18.8 Å². The number of hydrogen-bond donors (Lipinski definition) is 6. The van der Waals surface area contributed by atoms with Gasteiger partial charge in [0.2, 0.25) is 5.95 Å². The molecule has 1 fully saturated rings. The van der Waals surface area contributed by atoms with Crippen molar-refractivity contribution in [1.29, 1.82) is 0 Å². The molecular weight excluding hydrogens is 571 g/mol. The summed E-state index contributed by atoms with van der Waals surface area (Å²) in [6, 6.07) is 4.99. The molecule has 1 aromatic carbocycles. The van der Waals surface area contributed by atoms with Crippen LogP contribution in [0.15, 0.2) is 35.3 Å². The van der Waals surface area contributed by atoms with Crippen molar-refractivity contribution >= 4 is 37.1 Å². The lowest BCUT2D eigenvalue weighted by Gasteiger charge is -2.25. The molecule has 0 radical (unpaired) electrons. The van der Waals surface area contributed by atoms with Gasteiger partial charge >= 0.3 is 14.1 Å². The molecule has 218 valence electrons. The zero-order valence-corrected chi connectivity index (χ0v) is 23.7. The smallest absolute Gasteiger partial charge is 0.462 e. The van der Waals surface area contributed by atoms with Gasteiger partial charge in [-0.15, -0.1) is 5.10 Å². The number of aliphatic hydroxyl groups excluding tert-OH is 1. The van der Waals surface area contributed by atoms with Crippen LogP contribution in [0.3, 0.4) is 0 Å². The van der Waals surface area contributed by atoms with E-state index < -0.39 is 62.3 Å². The number of carbonyl (C=O) groups is 1. The Kier molecular flexibility index (Phi) is 8.68. The Morgan fingerprint density at radius 2 is 2.02 bits per heavy atom. The lowest BCUT2D eigenvalue weighted by molar-refractivity contribution is -0.149. The van der Waals surface area contributed by atoms with E-state index in [0.717, 1.165) is 4.52 Å². The maximum Gasteiger partial charge on any atom is 0.544 e. The summed E-state index contributed by atoms with van der Waals surface area (Å²) in [7, 11) is -4.07. The molecule has 1 saturated heterocycles. The third kappa shape index (κ3) is 6.37. The molecule has 17 heteroatoms. The molecule has 6 atom stereocenters. The number of imidazole rings is 1. The maximum absolute atomic E-state index is 12.4. The highest BCUT2D eigenvalue weighted by Gasteiger charge is 2.57. The Balaban J connectivity index is 1.56. The van der Waals surface area contributed by atoms with E-state index in [1.54, 1.807) is 13.8 Å². The first-order chi connectivity index (χ1) is 18.7. The summed E-state index contributed by atoms with van der Waals surface area (Å²) in [4.78, 5) is 42.4. The van der Waals surface area contributed by atoms with Crippen LogP contribution in [-0.4, -0.2) is 77.2 Å². The predicted molar refractivity (Wildman–Crippen MR) is 143 cm³/mol. The summed E-state index contributed by atoms with van der Waals surface area (Å²) >= 11 is 5.93. The first-order valence-corrected chi connectivity index (χ1v) is 14.1. The van der Waals surface area contributed by atoms with Crippen molar-refractivity contribution in [3.05, 3.63) is 51.7 Å². The minimum absolute atomic E-state index is 0.00463. The molecule has 7 N–H and O–H groups in total. The van der Waals surface area contributed by atoms with Gasteiger partial charge in [0.15, 0.2) is 17.1 Å². The largest absolute Gasteiger partial charge is 0.544 e. The normalized spacial score (nSPS) is 25.2. The third-order valence-corrected chi connectivity index (χ3v) is 7.92. The van der Waals surface area contributed by atoms with Crippen LogP contribution in [0.2, 0.25) is 5.02 Å². The Bertz CT molecular complexity index is 1420. The molecule has 3 heterocycles. The molecule has 1 aliphatic heterocycles. The number of nitrogen functional groups attached to an aromatic ring is 1. The minimum atomic E-state index is -4.07. The Hall–Kier alpha value is -2.88. The lowest BCUT2D eigenvalue weighted by atomic mass is 9.92. The van der Waals surface area contributed by atoms with Crippen LogP contribution >= 0.6 is 19.7 Å². The van der Waals surface area contributed by atoms with Crippen molar-refractivity contribution < 1.29 is 38.4 Å². The van der Waals surface area contributed by atoms with Gasteiger partial charge in [0.1, 0.15) is 36.6 Å². The fourth-order valence-electron chi connectivity index (χ4n) is 4.02. The standard InChI is InChI=1S/C23H30ClN6O9P/c1-11(2)37-21(33)12(3)29-40(35,39-14-7-5-13(24)6-8-14)36-10-16-17(31)23(4,34)18(38-16)19-26-9-15-20(32)27-22(25)28-30(15)19/h5-9,11-12,16-18,29,31,34-35H,10H2,1-4H3,(H2-,25,27,28,32)/p+1/t12-,16+,17+,18-,23+,40?/m0/s1. The van der Waals surface area contributed by atoms with Gasteiger partial charge in [0.25, 0.3) is 5.56 Å². The van der Waals surface area contributed by atoms with E-state index in [1.165, 1.54) is 44.3 Å². The average Bonchev–Trinajstić information content (AvgIpc) is 3.37. The molecular formula is C23H31ClN6O9P+. The number of esters is 1. The number of H-pyrrole nitrogens is 1. The van der Waals surface area contributed by atoms with E-state index in [0.29, 0.717) is 5.02 Å². The molecule has 4 rings (SSSR count). The van der Waals surface area contributed by atoms with Gasteiger partial charge < -0.3 is 25.4 Å². The number of nitrogens with one attached hydrogen (secondary N) is 2. The van der Waals surface area contributed by atoms with Crippen LogP contribution < -0.4 is 20.9 Å². The average molecular weight is 602 g/mol. The molecule has 1 aliphatic rings. The van der Waals surface area contributed by atoms with Crippen LogP contribution in [0.4, 0.5) is 5.95 Å². The quantitative estimate of drug-likeness (QED) is 0.141. The number of benzene rings is 1. The van der Waals surface area contributed by atoms with Gasteiger partial charge in [0.05, 0.1) is 12.3 Å². The minimum Gasteiger partial charge on any atom is -0.462 e. The van der Waals surface area contributed by atoms with Crippen LogP contribution in [0.5, 0.6) is 5.75 Å². The Labute approximate surface area is 233 Å². The van der Waals surface area contributed by atoms with Crippen molar-refractivity contribution in [1.82, 2.24) is 24.7 Å². The van der Waals surface area contributed by atoms with Crippen molar-refractivity contribution in [2.45, 2.75) is 63.8 Å². The second kappa shape index (κ2) is 11.5. The molecule has 0 aliphatic carbocycles. The number of anilines is 1. The number of carbonyl (C=O) groups excluding carboxylic acids is 1. The van der Waals surface area contributed by atoms with Crippen molar-refractivity contribution in [2.75, 3.05) is 12.3 Å². The second-order valence-electron chi connectivity index (χ2n) is 9.68. The number of ether oxygens (including phenoxy) is 2. The monoisotopic (exact) mass is 601 g/mol. The number of aromatic nitrogens is 4. The number of nitrogens with two attached hydrogens (primary N) is 1. The van der Waals surface area contributed by atoms with E-state index in [4.69, 9.17) is 35.9 Å². The summed E-state index contributed by atoms with van der Waals surface area (Å²) in [6.07, 6.45) is -3.21. The number of halogens is 1. The summed E-state index contributed by atoms with van der Waals surface area (Å²) in [5.74, 6) is -0.678. The van der Waals surface area contributed by atoms with Crippen LogP contribution in [0.1, 0.15) is 39.6 Å². The van der Waals surface area contributed by atoms with E-state index >= 15 is 0 Å². The first-order valence-electron chi connectivity index (χ1n) is 12.2. The van der Waals surface area contributed by atoms with Crippen LogP contribution in [0.25, 0.3) is 5.52 Å². The highest BCUT2D eigenvalue weighted by atomic mass is 35.5. The molecule has 0 saturated carbocycles. The van der Waals surface area contributed by atoms with Gasteiger partial charge in [0, 0.05) is 5.02 Å². The van der Waals surface area contributed by atoms with E-state index in [-0.39, 0.29) is 23.0 Å². The molecule has 0 spiro atoms. The van der Waals surface area contributed by atoms with Crippen molar-refractivity contribution in [3.8, 4) is 5.75 Å². The zero-order chi connectivity index (χ0) is 29.4. The Morgan fingerprint density at radius 1 is 1.35 bits per heavy atom. The summed E-state index contributed by atoms with van der Waals surface area (Å²) < 4.78 is 23.6. The van der Waals surface area contributed by atoms with E-state index in [2.05, 4.69) is 20.2 Å². The molecule has 0 amide bonds. The molecule has 3 aromatic rings. The fraction of sp³-hybridized carbons (Fsp3) is 0.478. The second-order valence-corrected chi connectivity index (χ2v) is 11.9. The summed E-state index contributed by atoms with van der Waals surface area (Å²) in [6.45, 7) is 5.63. The molecule has 2 aromatic heterocycles. The molecule has 15 nitrogen and oxygen atoms in total. The summed E-state index contributed by atoms with van der Waals surface area (Å²) in [5, 5.41) is 29.2. The van der Waals surface area contributed by atoms with Crippen molar-refractivity contribution in [3.63, 3.8) is 0 Å². The van der Waals surface area contributed by atoms with Crippen molar-refractivity contribution in [2.24, 2.45) is 0 Å². The number of fused-ring (bicyclic) bond motifs is 1. The van der Waals surface area contributed by atoms with E-state index in [9.17, 15) is 24.7 Å². The fourth-order valence-corrected chi connectivity index (χ4v) is 5.67. The van der Waals surface area contributed by atoms with E-state index in [1.807, 2.05) is 0 Å². The maximum atomic E-state index is 12.4. The van der Waals surface area contributed by atoms with Gasteiger partial charge in [-0.2, -0.15) is 9.42 Å². The van der Waals surface area contributed by atoms with Gasteiger partial charge in [-0.1, -0.05) is 16.7 Å². The van der Waals surface area contributed by atoms with Gasteiger partial charge in [-0.05, 0) is 52.0 Å². The molecule has 0 bridgehead atoms. The highest BCUT2D eigenvalue weighted by molar-refractivity contribution is 7.58. The number of nitrogens with zero attached hydrogens (tertiary/aromatic N) is 3. The number of aromatic amines is 1. The highest BCUT2D eigenvalue weighted by Crippen LogP contribution is 2.54. The third-order valence-electron chi connectivity index (χ3n) is 5.99. The molecule has 40 heavy (non-hydrogen) atoms. The zero-order valence-electron chi connectivity index (χ0n) is 22.0. The Morgan fingerprint density at radius 3 is 2.67 bits per heavy atom. The number of rotatable bonds is 10. The molecule has 1 unspecified atom stereocenters. The first kappa shape index (κ1) is 30.1. The van der Waals surface area contributed by atoms with Gasteiger partial charge in [-0.25, -0.2) is 9.50 Å². The van der Waals surface area contributed by atoms with Crippen LogP contribution in [0, 0.1) is 0 Å². The topological polar surface area (TPSA) is 216 Å². The number of hydrogen-bond acceptors (Lipinski definition) is 13. The predicted octanol–water partition coefficient (Wildman–Crippen LogP) is 0.900. The number of aliphatic hydroxyl groups is 2. The van der Waals surface area contributed by atoms with Gasteiger partial charge in [-0.3, -0.25) is 19.1 Å².